The molecule has 0 aliphatic heterocycles. The fourth-order valence-electron chi connectivity index (χ4n) is 2.09. The number of non-ortho nitro benzene ring substituents is 1. The Hall–Kier alpha value is -3.61. The third-order valence-corrected chi connectivity index (χ3v) is 3.44. The lowest BCUT2D eigenvalue weighted by molar-refractivity contribution is -0.385. The number of amides is 1. The molecule has 2 aromatic carbocycles. The van der Waals surface area contributed by atoms with E-state index in [-0.39, 0.29) is 5.75 Å². The molecule has 0 fully saturated rings. The third-order valence-electron chi connectivity index (χ3n) is 3.44. The maximum atomic E-state index is 13.1. The van der Waals surface area contributed by atoms with E-state index in [9.17, 15) is 28.1 Å². The fraction of sp³-hybridized carbons (Fsp3) is 0.176. The van der Waals surface area contributed by atoms with E-state index < -0.39 is 40.0 Å². The molecule has 27 heavy (non-hydrogen) atoms. The molecule has 0 heterocycles. The smallest absolute Gasteiger partial charge is 0.418 e. The van der Waals surface area contributed by atoms with Crippen LogP contribution in [-0.4, -0.2) is 16.9 Å². The van der Waals surface area contributed by atoms with Crippen molar-refractivity contribution < 1.29 is 27.6 Å². The second-order valence-electron chi connectivity index (χ2n) is 5.37. The van der Waals surface area contributed by atoms with Crippen molar-refractivity contribution >= 4 is 17.3 Å². The van der Waals surface area contributed by atoms with Crippen molar-refractivity contribution in [1.82, 2.24) is 0 Å². The van der Waals surface area contributed by atoms with Crippen molar-refractivity contribution in [2.24, 2.45) is 0 Å². The summed E-state index contributed by atoms with van der Waals surface area (Å²) in [6.07, 6.45) is -6.06. The molecule has 1 atom stereocenters. The first-order chi connectivity index (χ1) is 12.6. The topological polar surface area (TPSA) is 105 Å². The Labute approximate surface area is 151 Å². The molecule has 1 amide bonds. The molecule has 0 bridgehead atoms. The summed E-state index contributed by atoms with van der Waals surface area (Å²) >= 11 is 0. The Morgan fingerprint density at radius 3 is 2.41 bits per heavy atom. The predicted molar refractivity (Wildman–Crippen MR) is 88.0 cm³/mol. The number of nitrogens with one attached hydrogen (secondary N) is 1. The number of anilines is 1. The van der Waals surface area contributed by atoms with Gasteiger partial charge in [0.2, 0.25) is 0 Å². The molecule has 0 aromatic heterocycles. The van der Waals surface area contributed by atoms with E-state index in [2.05, 4.69) is 5.32 Å². The molecule has 0 saturated heterocycles. The van der Waals surface area contributed by atoms with Gasteiger partial charge in [0.15, 0.2) is 6.10 Å². The van der Waals surface area contributed by atoms with E-state index in [1.54, 1.807) is 0 Å². The van der Waals surface area contributed by atoms with Crippen LogP contribution >= 0.6 is 0 Å². The van der Waals surface area contributed by atoms with Gasteiger partial charge < -0.3 is 10.1 Å². The molecule has 2 aromatic rings. The van der Waals surface area contributed by atoms with E-state index in [0.29, 0.717) is 11.6 Å². The van der Waals surface area contributed by atoms with Gasteiger partial charge in [0.05, 0.1) is 27.8 Å². The Bertz CT molecular complexity index is 905. The molecule has 0 saturated carbocycles. The molecule has 1 N–H and O–H groups in total. The standard InChI is InChI=1S/C17H12F3N3O4/c1-10(27-13-5-2-11(9-21)3-6-13)16(24)22-15-7-4-12(23(25)26)8-14(15)17(18,19)20/h2-8,10H,1H3,(H,22,24)/t10-/m0/s1. The average Bonchev–Trinajstić information content (AvgIpc) is 2.61. The SMILES string of the molecule is C[C@H](Oc1ccc(C#N)cc1)C(=O)Nc1ccc([N+](=O)[O-])cc1C(F)(F)F. The maximum Gasteiger partial charge on any atom is 0.418 e. The molecule has 10 heteroatoms. The number of carbonyl (C=O) groups is 1. The number of halogens is 3. The monoisotopic (exact) mass is 379 g/mol. The Morgan fingerprint density at radius 1 is 1.26 bits per heavy atom. The lowest BCUT2D eigenvalue weighted by atomic mass is 10.1. The molecule has 0 spiro atoms. The summed E-state index contributed by atoms with van der Waals surface area (Å²) in [4.78, 5) is 21.9. The number of hydrogen-bond donors (Lipinski definition) is 1. The zero-order valence-corrected chi connectivity index (χ0v) is 13.8. The molecule has 0 aliphatic carbocycles. The second kappa shape index (κ2) is 7.74. The molecule has 0 unspecified atom stereocenters. The molecule has 0 aliphatic rings. The minimum atomic E-state index is -4.90. The summed E-state index contributed by atoms with van der Waals surface area (Å²) in [6, 6.07) is 9.72. The lowest BCUT2D eigenvalue weighted by Gasteiger charge is -2.17. The number of nitro benzene ring substituents is 1. The number of nitriles is 1. The summed E-state index contributed by atoms with van der Waals surface area (Å²) < 4.78 is 44.7. The number of hydrogen-bond acceptors (Lipinski definition) is 5. The highest BCUT2D eigenvalue weighted by Gasteiger charge is 2.36. The molecule has 0 radical (unpaired) electrons. The van der Waals surface area contributed by atoms with Crippen molar-refractivity contribution in [3.63, 3.8) is 0 Å². The first-order valence-electron chi connectivity index (χ1n) is 7.45. The zero-order valence-electron chi connectivity index (χ0n) is 13.8. The van der Waals surface area contributed by atoms with E-state index in [4.69, 9.17) is 10.00 Å². The van der Waals surface area contributed by atoms with Crippen LogP contribution in [0.5, 0.6) is 5.75 Å². The van der Waals surface area contributed by atoms with Crippen LogP contribution in [0.4, 0.5) is 24.5 Å². The summed E-state index contributed by atoms with van der Waals surface area (Å²) in [5.74, 6) is -0.630. The van der Waals surface area contributed by atoms with Gasteiger partial charge in [-0.3, -0.25) is 14.9 Å². The lowest BCUT2D eigenvalue weighted by Crippen LogP contribution is -2.31. The van der Waals surface area contributed by atoms with Crippen LogP contribution in [0, 0.1) is 21.4 Å². The van der Waals surface area contributed by atoms with Gasteiger partial charge in [0.1, 0.15) is 5.75 Å². The minimum absolute atomic E-state index is 0.247. The van der Waals surface area contributed by atoms with Crippen LogP contribution in [0.2, 0.25) is 0 Å². The van der Waals surface area contributed by atoms with Crippen LogP contribution in [0.15, 0.2) is 42.5 Å². The van der Waals surface area contributed by atoms with Crippen molar-refractivity contribution in [3.8, 4) is 11.8 Å². The highest BCUT2D eigenvalue weighted by molar-refractivity contribution is 5.95. The van der Waals surface area contributed by atoms with Gasteiger partial charge in [0, 0.05) is 12.1 Å². The van der Waals surface area contributed by atoms with Crippen LogP contribution in [-0.2, 0) is 11.0 Å². The average molecular weight is 379 g/mol. The second-order valence-corrected chi connectivity index (χ2v) is 5.37. The number of rotatable bonds is 5. The van der Waals surface area contributed by atoms with E-state index in [1.807, 2.05) is 6.07 Å². The molecular weight excluding hydrogens is 367 g/mol. The Morgan fingerprint density at radius 2 is 1.89 bits per heavy atom. The largest absolute Gasteiger partial charge is 0.481 e. The van der Waals surface area contributed by atoms with Crippen LogP contribution in [0.1, 0.15) is 18.1 Å². The molecule has 2 rings (SSSR count). The summed E-state index contributed by atoms with van der Waals surface area (Å²) in [7, 11) is 0. The number of nitro groups is 1. The first kappa shape index (κ1) is 19.7. The van der Waals surface area contributed by atoms with Gasteiger partial charge in [-0.05, 0) is 37.3 Å². The van der Waals surface area contributed by atoms with Crippen molar-refractivity contribution in [3.05, 3.63) is 63.7 Å². The highest BCUT2D eigenvalue weighted by atomic mass is 19.4. The van der Waals surface area contributed by atoms with Crippen molar-refractivity contribution in [2.75, 3.05) is 5.32 Å². The number of nitrogens with zero attached hydrogens (tertiary/aromatic N) is 2. The summed E-state index contributed by atoms with van der Waals surface area (Å²) in [5, 5.41) is 21.5. The number of ether oxygens (including phenoxy) is 1. The van der Waals surface area contributed by atoms with Gasteiger partial charge in [-0.25, -0.2) is 0 Å². The maximum absolute atomic E-state index is 13.1. The van der Waals surface area contributed by atoms with Crippen molar-refractivity contribution in [1.29, 1.82) is 5.26 Å². The van der Waals surface area contributed by atoms with Crippen LogP contribution in [0.25, 0.3) is 0 Å². The number of alkyl halides is 3. The van der Waals surface area contributed by atoms with E-state index in [1.165, 1.54) is 31.2 Å². The van der Waals surface area contributed by atoms with E-state index >= 15 is 0 Å². The van der Waals surface area contributed by atoms with Crippen molar-refractivity contribution in [2.45, 2.75) is 19.2 Å². The highest BCUT2D eigenvalue weighted by Crippen LogP contribution is 2.37. The molecule has 7 nitrogen and oxygen atoms in total. The third kappa shape index (κ3) is 4.94. The van der Waals surface area contributed by atoms with Crippen LogP contribution < -0.4 is 10.1 Å². The normalized spacial score (nSPS) is 12.0. The minimum Gasteiger partial charge on any atom is -0.481 e. The van der Waals surface area contributed by atoms with Gasteiger partial charge in [-0.1, -0.05) is 0 Å². The number of benzene rings is 2. The molecular formula is C17H12F3N3O4. The van der Waals surface area contributed by atoms with Gasteiger partial charge in [0.25, 0.3) is 11.6 Å². The van der Waals surface area contributed by atoms with Crippen LogP contribution in [0.3, 0.4) is 0 Å². The zero-order chi connectivity index (χ0) is 20.2. The number of carbonyl (C=O) groups excluding carboxylic acids is 1. The van der Waals surface area contributed by atoms with Gasteiger partial charge in [-0.2, -0.15) is 18.4 Å². The predicted octanol–water partition coefficient (Wildman–Crippen LogP) is 3.89. The van der Waals surface area contributed by atoms with Gasteiger partial charge in [-0.15, -0.1) is 0 Å². The Kier molecular flexibility index (Phi) is 5.65. The molecule has 140 valence electrons. The quantitative estimate of drug-likeness (QED) is 0.627. The summed E-state index contributed by atoms with van der Waals surface area (Å²) in [6.45, 7) is 1.33. The van der Waals surface area contributed by atoms with E-state index in [0.717, 1.165) is 12.1 Å². The fourth-order valence-corrected chi connectivity index (χ4v) is 2.09. The Balaban J connectivity index is 2.18. The first-order valence-corrected chi connectivity index (χ1v) is 7.45. The van der Waals surface area contributed by atoms with Gasteiger partial charge >= 0.3 is 6.18 Å². The summed E-state index contributed by atoms with van der Waals surface area (Å²) in [5.41, 5.74) is -2.33.